The maximum absolute atomic E-state index is 12.4. The summed E-state index contributed by atoms with van der Waals surface area (Å²) in [6.45, 7) is 2.24. The topological polar surface area (TPSA) is 106 Å². The summed E-state index contributed by atoms with van der Waals surface area (Å²) in [5.74, 6) is -1.78. The van der Waals surface area contributed by atoms with E-state index in [1.165, 1.54) is 17.6 Å². The number of esters is 1. The zero-order valence-electron chi connectivity index (χ0n) is 19.5. The summed E-state index contributed by atoms with van der Waals surface area (Å²) in [5, 5.41) is 7.35. The number of thiophene rings is 1. The molecule has 3 aromatic rings. The first-order valence-corrected chi connectivity index (χ1v) is 12.6. The summed E-state index contributed by atoms with van der Waals surface area (Å²) in [6.07, 6.45) is 3.92. The van der Waals surface area contributed by atoms with Gasteiger partial charge in [-0.1, -0.05) is 41.9 Å². The monoisotopic (exact) mass is 525 g/mol. The van der Waals surface area contributed by atoms with Crippen molar-refractivity contribution in [2.24, 2.45) is 5.10 Å². The third-order valence-corrected chi connectivity index (χ3v) is 7.00. The molecule has 10 heteroatoms. The summed E-state index contributed by atoms with van der Waals surface area (Å²) < 4.78 is 10.9. The third-order valence-electron chi connectivity index (χ3n) is 5.42. The Morgan fingerprint density at radius 2 is 1.94 bits per heavy atom. The number of benzene rings is 2. The molecule has 1 aliphatic carbocycles. The first kappa shape index (κ1) is 25.4. The molecule has 0 fully saturated rings. The molecule has 0 spiro atoms. The Hall–Kier alpha value is -3.69. The number of hydrazone groups is 1. The van der Waals surface area contributed by atoms with Gasteiger partial charge in [-0.2, -0.15) is 5.10 Å². The maximum atomic E-state index is 12.4. The summed E-state index contributed by atoms with van der Waals surface area (Å²) in [5.41, 5.74) is 4.96. The molecule has 0 saturated carbocycles. The van der Waals surface area contributed by atoms with Crippen LogP contribution >= 0.6 is 22.9 Å². The number of carbonyl (C=O) groups excluding carboxylic acids is 3. The van der Waals surface area contributed by atoms with Crippen molar-refractivity contribution in [3.05, 3.63) is 80.7 Å². The van der Waals surface area contributed by atoms with Gasteiger partial charge in [-0.25, -0.2) is 10.2 Å². The van der Waals surface area contributed by atoms with Crippen LogP contribution in [-0.4, -0.2) is 30.6 Å². The lowest BCUT2D eigenvalue weighted by Crippen LogP contribution is -2.32. The maximum Gasteiger partial charge on any atom is 0.341 e. The van der Waals surface area contributed by atoms with Gasteiger partial charge in [0.05, 0.1) is 18.4 Å². The van der Waals surface area contributed by atoms with Crippen molar-refractivity contribution in [2.45, 2.75) is 32.8 Å². The van der Waals surface area contributed by atoms with Gasteiger partial charge >= 0.3 is 17.8 Å². The van der Waals surface area contributed by atoms with E-state index in [2.05, 4.69) is 15.8 Å². The van der Waals surface area contributed by atoms with E-state index in [4.69, 9.17) is 21.1 Å². The van der Waals surface area contributed by atoms with Gasteiger partial charge in [0, 0.05) is 15.5 Å². The number of amides is 2. The highest BCUT2D eigenvalue weighted by atomic mass is 35.5. The molecule has 0 bridgehead atoms. The molecule has 0 saturated heterocycles. The lowest BCUT2D eigenvalue weighted by molar-refractivity contribution is -0.136. The Kier molecular flexibility index (Phi) is 8.35. The number of aryl methyl sites for hydroxylation is 1. The van der Waals surface area contributed by atoms with Crippen LogP contribution in [0.5, 0.6) is 5.75 Å². The molecule has 186 valence electrons. The molecule has 0 aliphatic heterocycles. The van der Waals surface area contributed by atoms with Gasteiger partial charge < -0.3 is 14.8 Å². The molecule has 2 aromatic carbocycles. The number of carbonyl (C=O) groups is 3. The summed E-state index contributed by atoms with van der Waals surface area (Å²) >= 11 is 7.46. The van der Waals surface area contributed by atoms with Crippen molar-refractivity contribution in [3.63, 3.8) is 0 Å². The van der Waals surface area contributed by atoms with Crippen LogP contribution in [0.3, 0.4) is 0 Å². The van der Waals surface area contributed by atoms with Crippen LogP contribution in [0.15, 0.2) is 53.6 Å². The van der Waals surface area contributed by atoms with E-state index < -0.39 is 17.8 Å². The lowest BCUT2D eigenvalue weighted by Gasteiger charge is -2.08. The predicted molar refractivity (Wildman–Crippen MR) is 139 cm³/mol. The van der Waals surface area contributed by atoms with Crippen LogP contribution in [-0.2, 0) is 33.8 Å². The van der Waals surface area contributed by atoms with Crippen molar-refractivity contribution in [1.82, 2.24) is 5.43 Å². The van der Waals surface area contributed by atoms with Crippen molar-refractivity contribution >= 4 is 51.9 Å². The normalized spacial score (nSPS) is 12.3. The van der Waals surface area contributed by atoms with Crippen LogP contribution in [0.1, 0.15) is 45.3 Å². The van der Waals surface area contributed by atoms with Gasteiger partial charge in [0.1, 0.15) is 17.4 Å². The number of hydrogen-bond acceptors (Lipinski definition) is 7. The fourth-order valence-corrected chi connectivity index (χ4v) is 5.21. The smallest absolute Gasteiger partial charge is 0.341 e. The van der Waals surface area contributed by atoms with Gasteiger partial charge in [0.15, 0.2) is 0 Å². The number of rotatable bonds is 8. The largest absolute Gasteiger partial charge is 0.489 e. The highest BCUT2D eigenvalue weighted by molar-refractivity contribution is 7.17. The molecule has 2 amide bonds. The minimum Gasteiger partial charge on any atom is -0.489 e. The highest BCUT2D eigenvalue weighted by Crippen LogP contribution is 2.39. The average Bonchev–Trinajstić information content (AvgIpc) is 3.45. The zero-order valence-corrected chi connectivity index (χ0v) is 21.1. The molecular formula is C26H24ClN3O5S. The number of fused-ring (bicyclic) bond motifs is 1. The second kappa shape index (κ2) is 11.8. The first-order chi connectivity index (χ1) is 17.5. The van der Waals surface area contributed by atoms with E-state index in [9.17, 15) is 14.4 Å². The van der Waals surface area contributed by atoms with Crippen molar-refractivity contribution in [3.8, 4) is 5.75 Å². The molecule has 1 aromatic heterocycles. The molecule has 1 aliphatic rings. The number of ether oxygens (including phenoxy) is 2. The lowest BCUT2D eigenvalue weighted by atomic mass is 10.1. The SMILES string of the molecule is CCOC(=O)c1c(NC(=O)C(=O)N/N=C/c2cccc(OCc3ccccc3Cl)c2)sc2c1CCC2. The minimum atomic E-state index is -0.958. The van der Waals surface area contributed by atoms with Gasteiger partial charge in [0.25, 0.3) is 0 Å². The average molecular weight is 526 g/mol. The summed E-state index contributed by atoms with van der Waals surface area (Å²) in [4.78, 5) is 38.2. The van der Waals surface area contributed by atoms with E-state index >= 15 is 0 Å². The number of halogens is 1. The van der Waals surface area contributed by atoms with Gasteiger partial charge in [0.2, 0.25) is 0 Å². The number of nitrogens with zero attached hydrogens (tertiary/aromatic N) is 1. The van der Waals surface area contributed by atoms with Crippen LogP contribution < -0.4 is 15.5 Å². The Morgan fingerprint density at radius 1 is 1.11 bits per heavy atom. The van der Waals surface area contributed by atoms with E-state index in [0.717, 1.165) is 35.3 Å². The molecule has 0 unspecified atom stereocenters. The van der Waals surface area contributed by atoms with Gasteiger partial charge in [-0.15, -0.1) is 11.3 Å². The van der Waals surface area contributed by atoms with Crippen LogP contribution in [0, 0.1) is 0 Å². The molecule has 8 nitrogen and oxygen atoms in total. The predicted octanol–water partition coefficient (Wildman–Crippen LogP) is 4.73. The first-order valence-electron chi connectivity index (χ1n) is 11.4. The van der Waals surface area contributed by atoms with Gasteiger partial charge in [-0.3, -0.25) is 9.59 Å². The number of anilines is 1. The van der Waals surface area contributed by atoms with E-state index in [1.54, 1.807) is 37.3 Å². The molecule has 0 atom stereocenters. The van der Waals surface area contributed by atoms with E-state index in [0.29, 0.717) is 33.5 Å². The minimum absolute atomic E-state index is 0.221. The number of nitrogens with one attached hydrogen (secondary N) is 2. The highest BCUT2D eigenvalue weighted by Gasteiger charge is 2.29. The molecule has 36 heavy (non-hydrogen) atoms. The molecular weight excluding hydrogens is 502 g/mol. The summed E-state index contributed by atoms with van der Waals surface area (Å²) in [7, 11) is 0. The Morgan fingerprint density at radius 3 is 2.75 bits per heavy atom. The Bertz CT molecular complexity index is 1320. The fraction of sp³-hybridized carbons (Fsp3) is 0.231. The van der Waals surface area contributed by atoms with Crippen molar-refractivity contribution in [1.29, 1.82) is 0 Å². The van der Waals surface area contributed by atoms with Crippen LogP contribution in [0.25, 0.3) is 0 Å². The second-order valence-electron chi connectivity index (χ2n) is 7.89. The molecule has 2 N–H and O–H groups in total. The van der Waals surface area contributed by atoms with E-state index in [1.807, 2.05) is 18.2 Å². The standard InChI is InChI=1S/C26H24ClN3O5S/c1-2-34-26(33)22-19-10-6-12-21(19)36-25(22)29-23(31)24(32)30-28-14-16-7-5-9-18(13-16)35-15-17-8-3-4-11-20(17)27/h3-5,7-9,11,13-14H,2,6,10,12,15H2,1H3,(H,29,31)(H,30,32)/b28-14+. The van der Waals surface area contributed by atoms with Crippen LogP contribution in [0.4, 0.5) is 5.00 Å². The zero-order chi connectivity index (χ0) is 25.5. The quantitative estimate of drug-likeness (QED) is 0.191. The van der Waals surface area contributed by atoms with Crippen molar-refractivity contribution < 1.29 is 23.9 Å². The molecule has 1 heterocycles. The van der Waals surface area contributed by atoms with E-state index in [-0.39, 0.29) is 6.61 Å². The molecule has 4 rings (SSSR count). The summed E-state index contributed by atoms with van der Waals surface area (Å²) in [6, 6.07) is 14.5. The second-order valence-corrected chi connectivity index (χ2v) is 9.40. The number of hydrogen-bond donors (Lipinski definition) is 2. The third kappa shape index (κ3) is 6.10. The molecule has 0 radical (unpaired) electrons. The Labute approximate surface area is 217 Å². The Balaban J connectivity index is 1.34. The van der Waals surface area contributed by atoms with Crippen molar-refractivity contribution in [2.75, 3.05) is 11.9 Å². The van der Waals surface area contributed by atoms with Gasteiger partial charge in [-0.05, 0) is 55.5 Å². The van der Waals surface area contributed by atoms with Crippen LogP contribution in [0.2, 0.25) is 5.02 Å². The fourth-order valence-electron chi connectivity index (χ4n) is 3.75.